The number of carbonyl (C=O) groups is 2. The lowest BCUT2D eigenvalue weighted by atomic mass is 9.98. The highest BCUT2D eigenvalue weighted by molar-refractivity contribution is 7.99. The van der Waals surface area contributed by atoms with Crippen LogP contribution in [0.3, 0.4) is 0 Å². The molecule has 2 rings (SSSR count). The first kappa shape index (κ1) is 13.5. The number of piperidine rings is 1. The Morgan fingerprint density at radius 2 is 2.17 bits per heavy atom. The number of likely N-dealkylation sites (tertiary alicyclic amines) is 1. The molecule has 2 heterocycles. The minimum atomic E-state index is -0.786. The van der Waals surface area contributed by atoms with Gasteiger partial charge in [0.05, 0.1) is 5.92 Å². The Bertz CT molecular complexity index is 331. The first-order valence-corrected chi connectivity index (χ1v) is 7.57. The number of aliphatic carboxylic acids is 1. The van der Waals surface area contributed by atoms with Gasteiger partial charge in [0.15, 0.2) is 0 Å². The number of hydrogen-bond acceptors (Lipinski definition) is 3. The van der Waals surface area contributed by atoms with Crippen molar-refractivity contribution in [3.05, 3.63) is 0 Å². The van der Waals surface area contributed by atoms with E-state index in [1.54, 1.807) is 9.80 Å². The van der Waals surface area contributed by atoms with Crippen molar-refractivity contribution in [3.8, 4) is 0 Å². The molecule has 1 N–H and O–H groups in total. The fraction of sp³-hybridized carbons (Fsp3) is 0.833. The van der Waals surface area contributed by atoms with Gasteiger partial charge in [0.25, 0.3) is 0 Å². The molecule has 0 spiro atoms. The molecule has 102 valence electrons. The summed E-state index contributed by atoms with van der Waals surface area (Å²) in [5.41, 5.74) is 0. The second-order valence-corrected chi connectivity index (χ2v) is 6.18. The monoisotopic (exact) mass is 272 g/mol. The van der Waals surface area contributed by atoms with E-state index in [-0.39, 0.29) is 6.03 Å². The first-order valence-electron chi connectivity index (χ1n) is 6.42. The van der Waals surface area contributed by atoms with Crippen LogP contribution < -0.4 is 0 Å². The SMILES string of the molecule is CN(C(=O)N1CCCC(C(=O)O)C1)C1CCSC1. The van der Waals surface area contributed by atoms with Gasteiger partial charge in [-0.3, -0.25) is 4.79 Å². The average molecular weight is 272 g/mol. The fourth-order valence-electron chi connectivity index (χ4n) is 2.56. The highest BCUT2D eigenvalue weighted by Crippen LogP contribution is 2.24. The third-order valence-corrected chi connectivity index (χ3v) is 4.94. The number of hydrogen-bond donors (Lipinski definition) is 1. The number of amides is 2. The van der Waals surface area contributed by atoms with Crippen LogP contribution in [0.1, 0.15) is 19.3 Å². The van der Waals surface area contributed by atoms with Crippen molar-refractivity contribution in [3.63, 3.8) is 0 Å². The summed E-state index contributed by atoms with van der Waals surface area (Å²) in [6, 6.07) is 0.307. The largest absolute Gasteiger partial charge is 0.481 e. The quantitative estimate of drug-likeness (QED) is 0.824. The van der Waals surface area contributed by atoms with E-state index < -0.39 is 11.9 Å². The molecule has 2 fully saturated rings. The summed E-state index contributed by atoms with van der Waals surface area (Å²) in [7, 11) is 1.84. The molecule has 5 nitrogen and oxygen atoms in total. The number of carbonyl (C=O) groups excluding carboxylic acids is 1. The molecule has 2 aliphatic heterocycles. The van der Waals surface area contributed by atoms with Gasteiger partial charge in [0.2, 0.25) is 0 Å². The van der Waals surface area contributed by atoms with Gasteiger partial charge in [-0.1, -0.05) is 0 Å². The second kappa shape index (κ2) is 5.82. The summed E-state index contributed by atoms with van der Waals surface area (Å²) in [5.74, 6) is 0.930. The number of urea groups is 1. The minimum absolute atomic E-state index is 0.00606. The second-order valence-electron chi connectivity index (χ2n) is 5.03. The Hall–Kier alpha value is -0.910. The molecule has 6 heteroatoms. The molecule has 0 aromatic heterocycles. The van der Waals surface area contributed by atoms with Gasteiger partial charge < -0.3 is 14.9 Å². The number of nitrogens with zero attached hydrogens (tertiary/aromatic N) is 2. The Morgan fingerprint density at radius 1 is 1.39 bits per heavy atom. The smallest absolute Gasteiger partial charge is 0.320 e. The van der Waals surface area contributed by atoms with Crippen LogP contribution in [0.4, 0.5) is 4.79 Å². The Balaban J connectivity index is 1.93. The normalized spacial score (nSPS) is 28.2. The number of thioether (sulfide) groups is 1. The zero-order valence-corrected chi connectivity index (χ0v) is 11.5. The number of rotatable bonds is 2. The summed E-state index contributed by atoms with van der Waals surface area (Å²) < 4.78 is 0. The summed E-state index contributed by atoms with van der Waals surface area (Å²) in [6.07, 6.45) is 2.52. The zero-order chi connectivity index (χ0) is 13.1. The molecule has 2 saturated heterocycles. The van der Waals surface area contributed by atoms with Gasteiger partial charge >= 0.3 is 12.0 Å². The Labute approximate surface area is 112 Å². The maximum Gasteiger partial charge on any atom is 0.320 e. The zero-order valence-electron chi connectivity index (χ0n) is 10.7. The van der Waals surface area contributed by atoms with Crippen LogP contribution in [-0.2, 0) is 4.79 Å². The third-order valence-electron chi connectivity index (χ3n) is 3.80. The topological polar surface area (TPSA) is 60.9 Å². The maximum absolute atomic E-state index is 12.3. The fourth-order valence-corrected chi connectivity index (χ4v) is 3.83. The molecule has 0 saturated carbocycles. The molecule has 18 heavy (non-hydrogen) atoms. The van der Waals surface area contributed by atoms with Gasteiger partial charge in [-0.05, 0) is 25.0 Å². The molecule has 0 aromatic carbocycles. The highest BCUT2D eigenvalue weighted by atomic mass is 32.2. The summed E-state index contributed by atoms with van der Waals surface area (Å²) in [4.78, 5) is 26.8. The van der Waals surface area contributed by atoms with E-state index in [0.29, 0.717) is 25.6 Å². The highest BCUT2D eigenvalue weighted by Gasteiger charge is 2.32. The van der Waals surface area contributed by atoms with Crippen molar-refractivity contribution < 1.29 is 14.7 Å². The molecule has 2 unspecified atom stereocenters. The van der Waals surface area contributed by atoms with Crippen LogP contribution in [0.25, 0.3) is 0 Å². The van der Waals surface area contributed by atoms with E-state index >= 15 is 0 Å². The molecule has 2 aliphatic rings. The van der Waals surface area contributed by atoms with E-state index in [1.165, 1.54) is 0 Å². The van der Waals surface area contributed by atoms with E-state index in [1.807, 2.05) is 18.8 Å². The molecule has 2 atom stereocenters. The standard InChI is InChI=1S/C12H20N2O3S/c1-13(10-4-6-18-8-10)12(17)14-5-2-3-9(7-14)11(15)16/h9-10H,2-8H2,1H3,(H,15,16). The van der Waals surface area contributed by atoms with Crippen molar-refractivity contribution in [2.24, 2.45) is 5.92 Å². The van der Waals surface area contributed by atoms with Crippen LogP contribution in [0.15, 0.2) is 0 Å². The van der Waals surface area contributed by atoms with Crippen molar-refractivity contribution >= 4 is 23.8 Å². The van der Waals surface area contributed by atoms with Gasteiger partial charge in [0, 0.05) is 31.9 Å². The average Bonchev–Trinajstić information content (AvgIpc) is 2.91. The van der Waals surface area contributed by atoms with Gasteiger partial charge in [-0.25, -0.2) is 4.79 Å². The van der Waals surface area contributed by atoms with Crippen LogP contribution in [0.2, 0.25) is 0 Å². The van der Waals surface area contributed by atoms with Gasteiger partial charge in [-0.15, -0.1) is 0 Å². The Kier molecular flexibility index (Phi) is 4.37. The third kappa shape index (κ3) is 2.91. The lowest BCUT2D eigenvalue weighted by Crippen LogP contribution is -2.50. The van der Waals surface area contributed by atoms with Crippen molar-refractivity contribution in [2.45, 2.75) is 25.3 Å². The van der Waals surface area contributed by atoms with E-state index in [9.17, 15) is 9.59 Å². The van der Waals surface area contributed by atoms with Gasteiger partial charge in [-0.2, -0.15) is 11.8 Å². The van der Waals surface area contributed by atoms with Crippen LogP contribution in [0.5, 0.6) is 0 Å². The van der Waals surface area contributed by atoms with Crippen molar-refractivity contribution in [1.29, 1.82) is 0 Å². The molecule has 0 radical (unpaired) electrons. The molecule has 0 aromatic rings. The first-order chi connectivity index (χ1) is 8.59. The van der Waals surface area contributed by atoms with Gasteiger partial charge in [0.1, 0.15) is 0 Å². The predicted molar refractivity (Wildman–Crippen MR) is 70.8 cm³/mol. The summed E-state index contributed by atoms with van der Waals surface area (Å²) in [6.45, 7) is 1.05. The molecule has 2 amide bonds. The molecular weight excluding hydrogens is 252 g/mol. The molecule has 0 aliphatic carbocycles. The lowest BCUT2D eigenvalue weighted by Gasteiger charge is -2.35. The molecular formula is C12H20N2O3S. The van der Waals surface area contributed by atoms with Crippen molar-refractivity contribution in [1.82, 2.24) is 9.80 Å². The van der Waals surface area contributed by atoms with Crippen LogP contribution >= 0.6 is 11.8 Å². The van der Waals surface area contributed by atoms with Crippen molar-refractivity contribution in [2.75, 3.05) is 31.6 Å². The van der Waals surface area contributed by atoms with E-state index in [4.69, 9.17) is 5.11 Å². The van der Waals surface area contributed by atoms with E-state index in [2.05, 4.69) is 0 Å². The minimum Gasteiger partial charge on any atom is -0.481 e. The molecule has 0 bridgehead atoms. The van der Waals surface area contributed by atoms with Crippen LogP contribution in [0, 0.1) is 5.92 Å². The predicted octanol–water partition coefficient (Wildman–Crippen LogP) is 1.34. The summed E-state index contributed by atoms with van der Waals surface area (Å²) in [5, 5.41) is 9.03. The Morgan fingerprint density at radius 3 is 2.78 bits per heavy atom. The van der Waals surface area contributed by atoms with Crippen LogP contribution in [-0.4, -0.2) is 64.6 Å². The maximum atomic E-state index is 12.3. The number of carboxylic acid groups (broad SMARTS) is 1. The number of carboxylic acids is 1. The van der Waals surface area contributed by atoms with E-state index in [0.717, 1.165) is 24.3 Å². The lowest BCUT2D eigenvalue weighted by molar-refractivity contribution is -0.143. The summed E-state index contributed by atoms with van der Waals surface area (Å²) >= 11 is 1.87.